The molecule has 0 atom stereocenters. The van der Waals surface area contributed by atoms with E-state index in [1.807, 2.05) is 0 Å². The minimum atomic E-state index is -0.761. The highest BCUT2D eigenvalue weighted by Crippen LogP contribution is 2.23. The number of aromatic nitrogens is 1. The van der Waals surface area contributed by atoms with Crippen LogP contribution >= 0.6 is 0 Å². The number of carbonyl (C=O) groups is 3. The summed E-state index contributed by atoms with van der Waals surface area (Å²) in [6, 6.07) is 0. The number of aromatic amines is 1. The molecule has 0 fully saturated rings. The van der Waals surface area contributed by atoms with Crippen LogP contribution < -0.4 is 0 Å². The van der Waals surface area contributed by atoms with Gasteiger partial charge in [0.2, 0.25) is 0 Å². The normalized spacial score (nSPS) is 10.8. The van der Waals surface area contributed by atoms with Gasteiger partial charge in [-0.25, -0.2) is 4.85 Å². The highest BCUT2D eigenvalue weighted by atomic mass is 16.5. The molecular weight excluding hydrogens is 300 g/mol. The third-order valence-electron chi connectivity index (χ3n) is 3.11. The van der Waals surface area contributed by atoms with Crippen LogP contribution in [0.3, 0.4) is 0 Å². The molecule has 1 N–H and O–H groups in total. The van der Waals surface area contributed by atoms with Gasteiger partial charge in [0.1, 0.15) is 0 Å². The monoisotopic (exact) mass is 318 g/mol. The molecule has 0 aliphatic rings. The zero-order valence-electron chi connectivity index (χ0n) is 13.5. The Bertz CT molecular complexity index is 707. The van der Waals surface area contributed by atoms with Crippen LogP contribution in [0, 0.1) is 13.5 Å². The number of Topliss-reactive ketones (excluding diaryl/α,β-unsaturated/α-hetero) is 1. The van der Waals surface area contributed by atoms with Crippen molar-refractivity contribution in [2.45, 2.75) is 27.2 Å². The fourth-order valence-corrected chi connectivity index (χ4v) is 2.18. The lowest BCUT2D eigenvalue weighted by Gasteiger charge is -2.04. The molecular formula is C16H18N2O5. The molecule has 1 heterocycles. The van der Waals surface area contributed by atoms with Crippen LogP contribution in [-0.4, -0.2) is 36.4 Å². The Morgan fingerprint density at radius 1 is 1.35 bits per heavy atom. The van der Waals surface area contributed by atoms with Crippen LogP contribution in [-0.2, 0) is 25.5 Å². The van der Waals surface area contributed by atoms with E-state index in [2.05, 4.69) is 14.6 Å². The Kier molecular flexibility index (Phi) is 6.27. The predicted octanol–water partition coefficient (Wildman–Crippen LogP) is 2.06. The number of esters is 2. The number of H-pyrrole nitrogens is 1. The minimum Gasteiger partial charge on any atom is -0.471 e. The number of hydrogen-bond acceptors (Lipinski definition) is 5. The molecule has 7 nitrogen and oxygen atoms in total. The lowest BCUT2D eigenvalue weighted by Crippen LogP contribution is -2.09. The van der Waals surface area contributed by atoms with Gasteiger partial charge in [-0.2, -0.15) is 0 Å². The molecule has 0 aromatic carbocycles. The van der Waals surface area contributed by atoms with Crippen molar-refractivity contribution in [2.24, 2.45) is 0 Å². The first-order chi connectivity index (χ1) is 10.8. The first-order valence-electron chi connectivity index (χ1n) is 6.91. The average molecular weight is 318 g/mol. The molecule has 0 aliphatic heterocycles. The SMILES string of the molecule is [C-]#[N+]/C(=C\c1[nH]c(C)c(C(C)=O)c1CC(=O)OC)C(=O)OCC. The maximum Gasteiger partial charge on any atom is 0.336 e. The summed E-state index contributed by atoms with van der Waals surface area (Å²) in [5.41, 5.74) is 1.41. The molecule has 0 aliphatic carbocycles. The first-order valence-corrected chi connectivity index (χ1v) is 6.91. The third kappa shape index (κ3) is 4.30. The third-order valence-corrected chi connectivity index (χ3v) is 3.11. The van der Waals surface area contributed by atoms with Crippen molar-refractivity contribution < 1.29 is 23.9 Å². The van der Waals surface area contributed by atoms with Gasteiger partial charge in [-0.05, 0) is 32.4 Å². The standard InChI is InChI=1S/C16H18N2O5/c1-6-23-16(21)13(17-4)8-12-11(7-14(20)22-5)15(10(3)19)9(2)18-12/h8,18H,6-7H2,1-3,5H3/b13-8-. The maximum atomic E-state index is 11.8. The highest BCUT2D eigenvalue weighted by Gasteiger charge is 2.21. The fourth-order valence-electron chi connectivity index (χ4n) is 2.18. The molecule has 0 spiro atoms. The summed E-state index contributed by atoms with van der Waals surface area (Å²) in [5, 5.41) is 0. The Balaban J connectivity index is 3.43. The van der Waals surface area contributed by atoms with E-state index in [-0.39, 0.29) is 24.5 Å². The van der Waals surface area contributed by atoms with Gasteiger partial charge in [0, 0.05) is 17.0 Å². The van der Waals surface area contributed by atoms with Crippen molar-refractivity contribution in [1.29, 1.82) is 0 Å². The van der Waals surface area contributed by atoms with Gasteiger partial charge in [-0.15, -0.1) is 0 Å². The smallest absolute Gasteiger partial charge is 0.336 e. The number of hydrogen-bond donors (Lipinski definition) is 1. The maximum absolute atomic E-state index is 11.8. The van der Waals surface area contributed by atoms with Crippen LogP contribution in [0.2, 0.25) is 0 Å². The summed E-state index contributed by atoms with van der Waals surface area (Å²) in [7, 11) is 1.24. The van der Waals surface area contributed by atoms with Crippen LogP contribution in [0.1, 0.15) is 41.2 Å². The second kappa shape index (κ2) is 7.94. The van der Waals surface area contributed by atoms with Crippen LogP contribution in [0.15, 0.2) is 5.70 Å². The number of rotatable bonds is 6. The zero-order valence-corrected chi connectivity index (χ0v) is 13.5. The Morgan fingerprint density at radius 3 is 2.48 bits per heavy atom. The molecule has 1 aromatic rings. The zero-order chi connectivity index (χ0) is 17.6. The highest BCUT2D eigenvalue weighted by molar-refractivity contribution is 6.00. The van der Waals surface area contributed by atoms with E-state index in [4.69, 9.17) is 11.3 Å². The number of ketones is 1. The Morgan fingerprint density at radius 2 is 2.00 bits per heavy atom. The van der Waals surface area contributed by atoms with Crippen molar-refractivity contribution in [3.05, 3.63) is 39.6 Å². The van der Waals surface area contributed by atoms with Crippen LogP contribution in [0.4, 0.5) is 0 Å². The van der Waals surface area contributed by atoms with E-state index >= 15 is 0 Å². The number of nitrogens with zero attached hydrogens (tertiary/aromatic N) is 1. The number of ether oxygens (including phenoxy) is 2. The van der Waals surface area contributed by atoms with Gasteiger partial charge in [0.15, 0.2) is 5.78 Å². The quantitative estimate of drug-likeness (QED) is 0.375. The van der Waals surface area contributed by atoms with Crippen molar-refractivity contribution in [3.63, 3.8) is 0 Å². The topological polar surface area (TPSA) is 89.8 Å². The van der Waals surface area contributed by atoms with Crippen molar-refractivity contribution in [1.82, 2.24) is 4.98 Å². The average Bonchev–Trinajstić information content (AvgIpc) is 2.80. The number of carbonyl (C=O) groups excluding carboxylic acids is 3. The molecule has 122 valence electrons. The predicted molar refractivity (Wildman–Crippen MR) is 82.5 cm³/mol. The molecule has 23 heavy (non-hydrogen) atoms. The van der Waals surface area contributed by atoms with Crippen molar-refractivity contribution in [2.75, 3.05) is 13.7 Å². The second-order valence-electron chi connectivity index (χ2n) is 4.69. The van der Waals surface area contributed by atoms with Gasteiger partial charge in [0.25, 0.3) is 5.70 Å². The first kappa shape index (κ1) is 18.2. The summed E-state index contributed by atoms with van der Waals surface area (Å²) in [6.07, 6.45) is 1.14. The van der Waals surface area contributed by atoms with Gasteiger partial charge in [0.05, 0.1) is 26.7 Å². The molecule has 1 rings (SSSR count). The lowest BCUT2D eigenvalue weighted by atomic mass is 10.0. The molecule has 0 bridgehead atoms. The summed E-state index contributed by atoms with van der Waals surface area (Å²) < 4.78 is 9.43. The van der Waals surface area contributed by atoms with E-state index in [9.17, 15) is 14.4 Å². The molecule has 0 radical (unpaired) electrons. The number of methoxy groups -OCH3 is 1. The van der Waals surface area contributed by atoms with E-state index in [1.165, 1.54) is 20.1 Å². The summed E-state index contributed by atoms with van der Waals surface area (Å²) in [4.78, 5) is 41.2. The van der Waals surface area contributed by atoms with E-state index in [1.54, 1.807) is 13.8 Å². The van der Waals surface area contributed by atoms with E-state index < -0.39 is 11.9 Å². The molecule has 7 heteroatoms. The molecule has 0 amide bonds. The summed E-state index contributed by atoms with van der Waals surface area (Å²) >= 11 is 0. The van der Waals surface area contributed by atoms with Gasteiger partial charge >= 0.3 is 11.9 Å². The molecule has 0 saturated heterocycles. The fraction of sp³-hybridized carbons (Fsp3) is 0.375. The van der Waals surface area contributed by atoms with E-state index in [0.717, 1.165) is 0 Å². The minimum absolute atomic E-state index is 0.142. The van der Waals surface area contributed by atoms with Crippen molar-refractivity contribution in [3.8, 4) is 0 Å². The summed E-state index contributed by atoms with van der Waals surface area (Å²) in [6.45, 7) is 11.9. The van der Waals surface area contributed by atoms with Crippen LogP contribution in [0.25, 0.3) is 10.9 Å². The van der Waals surface area contributed by atoms with Crippen molar-refractivity contribution >= 4 is 23.8 Å². The second-order valence-corrected chi connectivity index (χ2v) is 4.69. The number of aryl methyl sites for hydroxylation is 1. The summed E-state index contributed by atoms with van der Waals surface area (Å²) in [5.74, 6) is -1.51. The molecule has 0 unspecified atom stereocenters. The lowest BCUT2D eigenvalue weighted by molar-refractivity contribution is -0.140. The Hall–Kier alpha value is -2.88. The largest absolute Gasteiger partial charge is 0.471 e. The van der Waals surface area contributed by atoms with Gasteiger partial charge < -0.3 is 14.5 Å². The number of nitrogens with one attached hydrogen (secondary N) is 1. The van der Waals surface area contributed by atoms with E-state index in [0.29, 0.717) is 22.5 Å². The molecule has 1 aromatic heterocycles. The van der Waals surface area contributed by atoms with Crippen LogP contribution in [0.5, 0.6) is 0 Å². The Labute approximate surface area is 134 Å². The van der Waals surface area contributed by atoms with Gasteiger partial charge in [-0.1, -0.05) is 0 Å². The van der Waals surface area contributed by atoms with Gasteiger partial charge in [-0.3, -0.25) is 14.4 Å². The molecule has 0 saturated carbocycles.